The van der Waals surface area contributed by atoms with Gasteiger partial charge in [-0.05, 0) is 37.5 Å². The fraction of sp³-hybridized carbons (Fsp3) is 0.350. The van der Waals surface area contributed by atoms with Crippen LogP contribution in [0.15, 0.2) is 36.7 Å². The van der Waals surface area contributed by atoms with Crippen LogP contribution in [0.1, 0.15) is 24.6 Å². The van der Waals surface area contributed by atoms with Crippen molar-refractivity contribution in [3.8, 4) is 0 Å². The summed E-state index contributed by atoms with van der Waals surface area (Å²) in [4.78, 5) is 26.0. The monoisotopic (exact) mass is 384 g/mol. The van der Waals surface area contributed by atoms with Crippen LogP contribution >= 0.6 is 11.3 Å². The van der Waals surface area contributed by atoms with Crippen LogP contribution in [0.3, 0.4) is 0 Å². The van der Waals surface area contributed by atoms with E-state index in [-0.39, 0.29) is 17.5 Å². The predicted molar refractivity (Wildman–Crippen MR) is 107 cm³/mol. The lowest BCUT2D eigenvalue weighted by molar-refractivity contribution is -0.120. The summed E-state index contributed by atoms with van der Waals surface area (Å²) in [6, 6.07) is 8.41. The molecule has 7 heteroatoms. The SMILES string of the molecule is CCc1cc2c(N3CCCC(C(=O)Nc4ccccc4F)C3)ncnc2s1. The molecular weight excluding hydrogens is 363 g/mol. The molecule has 1 fully saturated rings. The number of para-hydroxylation sites is 1. The lowest BCUT2D eigenvalue weighted by Gasteiger charge is -2.33. The zero-order chi connectivity index (χ0) is 18.8. The van der Waals surface area contributed by atoms with Gasteiger partial charge in [0.05, 0.1) is 17.0 Å². The van der Waals surface area contributed by atoms with Gasteiger partial charge in [-0.25, -0.2) is 14.4 Å². The molecule has 1 amide bonds. The van der Waals surface area contributed by atoms with Crippen molar-refractivity contribution in [1.29, 1.82) is 0 Å². The van der Waals surface area contributed by atoms with Gasteiger partial charge in [0.15, 0.2) is 0 Å². The maximum Gasteiger partial charge on any atom is 0.229 e. The summed E-state index contributed by atoms with van der Waals surface area (Å²) in [6.45, 7) is 3.55. The summed E-state index contributed by atoms with van der Waals surface area (Å²) in [5, 5.41) is 3.78. The standard InChI is InChI=1S/C20H21FN4OS/c1-2-14-10-15-18(22-12-23-20(15)27-14)25-9-5-6-13(11-25)19(26)24-17-8-4-3-7-16(17)21/h3-4,7-8,10,12-13H,2,5-6,9,11H2,1H3,(H,24,26). The number of hydrogen-bond acceptors (Lipinski definition) is 5. The van der Waals surface area contributed by atoms with Gasteiger partial charge in [-0.1, -0.05) is 19.1 Å². The minimum Gasteiger partial charge on any atom is -0.355 e. The fourth-order valence-electron chi connectivity index (χ4n) is 3.50. The Morgan fingerprint density at radius 2 is 2.22 bits per heavy atom. The van der Waals surface area contributed by atoms with Crippen LogP contribution in [0, 0.1) is 11.7 Å². The molecule has 1 saturated heterocycles. The van der Waals surface area contributed by atoms with E-state index >= 15 is 0 Å². The van der Waals surface area contributed by atoms with Crippen LogP contribution in [0.5, 0.6) is 0 Å². The van der Waals surface area contributed by atoms with Crippen molar-refractivity contribution >= 4 is 39.0 Å². The van der Waals surface area contributed by atoms with Gasteiger partial charge in [-0.2, -0.15) is 0 Å². The number of amides is 1. The van der Waals surface area contributed by atoms with Crippen LogP contribution in [-0.4, -0.2) is 29.0 Å². The Labute approximate surface area is 161 Å². The highest BCUT2D eigenvalue weighted by Crippen LogP contribution is 2.32. The Kier molecular flexibility index (Phi) is 5.03. The Morgan fingerprint density at radius 3 is 3.04 bits per heavy atom. The number of aryl methyl sites for hydroxylation is 1. The van der Waals surface area contributed by atoms with E-state index in [1.165, 1.54) is 10.9 Å². The second-order valence-electron chi connectivity index (χ2n) is 6.74. The van der Waals surface area contributed by atoms with Gasteiger partial charge in [-0.15, -0.1) is 11.3 Å². The van der Waals surface area contributed by atoms with Gasteiger partial charge in [-0.3, -0.25) is 4.79 Å². The second-order valence-corrected chi connectivity index (χ2v) is 7.85. The number of hydrogen-bond donors (Lipinski definition) is 1. The van der Waals surface area contributed by atoms with Gasteiger partial charge >= 0.3 is 0 Å². The quantitative estimate of drug-likeness (QED) is 0.731. The number of benzene rings is 1. The molecule has 3 aromatic rings. The molecule has 0 spiro atoms. The number of aromatic nitrogens is 2. The highest BCUT2D eigenvalue weighted by molar-refractivity contribution is 7.18. The van der Waals surface area contributed by atoms with Gasteiger partial charge in [0.25, 0.3) is 0 Å². The number of nitrogens with one attached hydrogen (secondary N) is 1. The van der Waals surface area contributed by atoms with E-state index < -0.39 is 5.82 Å². The number of rotatable bonds is 4. The fourth-order valence-corrected chi connectivity index (χ4v) is 4.43. The lowest BCUT2D eigenvalue weighted by atomic mass is 9.96. The van der Waals surface area contributed by atoms with Crippen molar-refractivity contribution in [1.82, 2.24) is 9.97 Å². The molecule has 140 valence electrons. The van der Waals surface area contributed by atoms with Crippen LogP contribution in [0.25, 0.3) is 10.2 Å². The Morgan fingerprint density at radius 1 is 1.37 bits per heavy atom. The number of nitrogens with zero attached hydrogens (tertiary/aromatic N) is 3. The first-order valence-corrected chi connectivity index (χ1v) is 10.0. The van der Waals surface area contributed by atoms with Crippen LogP contribution < -0.4 is 10.2 Å². The van der Waals surface area contributed by atoms with Gasteiger partial charge < -0.3 is 10.2 Å². The number of thiophene rings is 1. The molecule has 0 radical (unpaired) electrons. The first kappa shape index (κ1) is 17.9. The summed E-state index contributed by atoms with van der Waals surface area (Å²) >= 11 is 1.69. The summed E-state index contributed by atoms with van der Waals surface area (Å²) < 4.78 is 13.8. The van der Waals surface area contributed by atoms with Crippen LogP contribution in [0.2, 0.25) is 0 Å². The Bertz CT molecular complexity index is 974. The molecular formula is C20H21FN4OS. The number of piperidine rings is 1. The topological polar surface area (TPSA) is 58.1 Å². The van der Waals surface area contributed by atoms with Crippen molar-refractivity contribution in [2.24, 2.45) is 5.92 Å². The predicted octanol–water partition coefficient (Wildman–Crippen LogP) is 4.25. The largest absolute Gasteiger partial charge is 0.355 e. The normalized spacial score (nSPS) is 17.3. The van der Waals surface area contributed by atoms with E-state index in [9.17, 15) is 9.18 Å². The van der Waals surface area contributed by atoms with E-state index in [1.807, 2.05) is 0 Å². The zero-order valence-corrected chi connectivity index (χ0v) is 15.9. The Hall–Kier alpha value is -2.54. The summed E-state index contributed by atoms with van der Waals surface area (Å²) in [5.74, 6) is 0.128. The van der Waals surface area contributed by atoms with Crippen LogP contribution in [-0.2, 0) is 11.2 Å². The number of anilines is 2. The number of carbonyl (C=O) groups is 1. The molecule has 2 aromatic heterocycles. The molecule has 0 bridgehead atoms. The van der Waals surface area contributed by atoms with Crippen molar-refractivity contribution < 1.29 is 9.18 Å². The molecule has 1 aliphatic rings. The molecule has 0 saturated carbocycles. The van der Waals surface area contributed by atoms with Crippen molar-refractivity contribution in [3.63, 3.8) is 0 Å². The molecule has 3 heterocycles. The first-order valence-electron chi connectivity index (χ1n) is 9.19. The highest BCUT2D eigenvalue weighted by atomic mass is 32.1. The average molecular weight is 384 g/mol. The second kappa shape index (κ2) is 7.60. The molecule has 1 atom stereocenters. The molecule has 5 nitrogen and oxygen atoms in total. The van der Waals surface area contributed by atoms with Crippen molar-refractivity contribution in [2.75, 3.05) is 23.3 Å². The third-order valence-electron chi connectivity index (χ3n) is 4.93. The van der Waals surface area contributed by atoms with Crippen LogP contribution in [0.4, 0.5) is 15.9 Å². The van der Waals surface area contributed by atoms with Crippen molar-refractivity contribution in [3.05, 3.63) is 47.4 Å². The smallest absolute Gasteiger partial charge is 0.229 e. The lowest BCUT2D eigenvalue weighted by Crippen LogP contribution is -2.41. The number of fused-ring (bicyclic) bond motifs is 1. The van der Waals surface area contributed by atoms with Crippen molar-refractivity contribution in [2.45, 2.75) is 26.2 Å². The molecule has 1 unspecified atom stereocenters. The third-order valence-corrected chi connectivity index (χ3v) is 6.12. The number of halogens is 1. The molecule has 4 rings (SSSR count). The maximum atomic E-state index is 13.8. The Balaban J connectivity index is 1.54. The third kappa shape index (κ3) is 3.64. The molecule has 0 aliphatic carbocycles. The first-order chi connectivity index (χ1) is 13.2. The van der Waals surface area contributed by atoms with E-state index in [2.05, 4.69) is 33.2 Å². The van der Waals surface area contributed by atoms with Gasteiger partial charge in [0.1, 0.15) is 22.8 Å². The summed E-state index contributed by atoms with van der Waals surface area (Å²) in [7, 11) is 0. The van der Waals surface area contributed by atoms with E-state index in [1.54, 1.807) is 35.9 Å². The van der Waals surface area contributed by atoms with E-state index in [0.717, 1.165) is 41.8 Å². The molecule has 27 heavy (non-hydrogen) atoms. The maximum absolute atomic E-state index is 13.8. The van der Waals surface area contributed by atoms with E-state index in [0.29, 0.717) is 6.54 Å². The van der Waals surface area contributed by atoms with Gasteiger partial charge in [0.2, 0.25) is 5.91 Å². The number of carbonyl (C=O) groups excluding carboxylic acids is 1. The molecule has 1 aliphatic heterocycles. The average Bonchev–Trinajstić information content (AvgIpc) is 3.13. The van der Waals surface area contributed by atoms with E-state index in [4.69, 9.17) is 0 Å². The summed E-state index contributed by atoms with van der Waals surface area (Å²) in [5.41, 5.74) is 0.231. The zero-order valence-electron chi connectivity index (χ0n) is 15.1. The minimum absolute atomic E-state index is 0.144. The minimum atomic E-state index is -0.415. The highest BCUT2D eigenvalue weighted by Gasteiger charge is 2.28. The van der Waals surface area contributed by atoms with Gasteiger partial charge in [0, 0.05) is 18.0 Å². The molecule has 1 N–H and O–H groups in total. The summed E-state index contributed by atoms with van der Waals surface area (Å²) in [6.07, 6.45) is 4.24. The molecule has 1 aromatic carbocycles.